The fourth-order valence-corrected chi connectivity index (χ4v) is 14.6. The maximum Gasteiger partial charge on any atom is 0.479 e. The molecule has 36 nitrogen and oxygen atoms in total. The molecule has 0 aromatic carbocycles. The van der Waals surface area contributed by atoms with Crippen molar-refractivity contribution in [2.24, 2.45) is 13.0 Å². The number of hydrogen-bond donors (Lipinski definition) is 11. The fraction of sp³-hybridized carbons (Fsp3) is 0.600. The van der Waals surface area contributed by atoms with Crippen LogP contribution >= 0.6 is 30.8 Å². The zero-order valence-corrected chi connectivity index (χ0v) is 42.7. The van der Waals surface area contributed by atoms with Gasteiger partial charge in [-0.05, 0) is 6.42 Å². The molecule has 5 aromatic heterocycles. The van der Waals surface area contributed by atoms with Crippen molar-refractivity contribution in [3.8, 4) is 0 Å². The Morgan fingerprint density at radius 3 is 2.20 bits per heavy atom. The standard InChI is InChI=1S/C35H50N12O24P4/c1-44-13-47(29-21(44)30(52)43-34(37)42-29)31-22(49)15(5-7-62-2)16(67-31)8-64-72(54,55)14-73(56,57)71-75(60,61)66-10-18-25(26(63-3)33(69-18)46-12-40-20-27(36)38-11-39-28(20)46)70-74(58,59)65-9-17-23(50)24(51)32(68-17)45-6-4-19(48)41-35(45)53/h4,6,11-13,15-18,22-26,31-33,49-51H,5,7-10,14H2,1-3H3,(H9-,36,37,38,39,41,42,43,48,52,53,54,55,56,57,58,59,60,61)/p+1/t15-,16-,17-,18-,22-,23-,24-,25-,26-,31?,32-,33-/m1/s1. The Bertz CT molecular complexity index is 3280. The largest absolute Gasteiger partial charge is 0.479 e. The Kier molecular flexibility index (Phi) is 16.6. The van der Waals surface area contributed by atoms with Gasteiger partial charge in [0, 0.05) is 39.0 Å². The van der Waals surface area contributed by atoms with E-state index in [4.69, 9.17) is 53.2 Å². The number of nitrogen functional groups attached to an aromatic ring is 2. The third-order valence-electron chi connectivity index (χ3n) is 12.0. The van der Waals surface area contributed by atoms with E-state index in [0.717, 1.165) is 36.6 Å². The summed E-state index contributed by atoms with van der Waals surface area (Å²) in [5.41, 5.74) is 9.47. The smallest absolute Gasteiger partial charge is 0.387 e. The number of anilines is 2. The van der Waals surface area contributed by atoms with Crippen LogP contribution in [0.5, 0.6) is 0 Å². The summed E-state index contributed by atoms with van der Waals surface area (Å²) in [6, 6.07) is 0.932. The predicted molar refractivity (Wildman–Crippen MR) is 246 cm³/mol. The Hall–Kier alpha value is -4.58. The number of phosphoric acid groups is 2. The molecule has 8 rings (SSSR count). The van der Waals surface area contributed by atoms with Gasteiger partial charge in [0.05, 0.1) is 39.3 Å². The lowest BCUT2D eigenvalue weighted by atomic mass is 9.95. The number of ether oxygens (including phenoxy) is 5. The number of rotatable bonds is 22. The highest BCUT2D eigenvalue weighted by atomic mass is 31.3. The van der Waals surface area contributed by atoms with E-state index >= 15 is 0 Å². The van der Waals surface area contributed by atoms with E-state index in [9.17, 15) is 67.5 Å². The number of nitrogens with one attached hydrogen (secondary N) is 2. The highest BCUT2D eigenvalue weighted by molar-refractivity contribution is 7.74. The van der Waals surface area contributed by atoms with Crippen LogP contribution < -0.4 is 32.8 Å². The topological polar surface area (TPSA) is 507 Å². The monoisotopic (exact) mass is 1150 g/mol. The van der Waals surface area contributed by atoms with Gasteiger partial charge in [-0.25, -0.2) is 37.8 Å². The molecular weight excluding hydrogens is 1100 g/mol. The number of phosphoric ester groups is 2. The average molecular weight is 1150 g/mol. The van der Waals surface area contributed by atoms with E-state index in [-0.39, 0.29) is 47.1 Å². The van der Waals surface area contributed by atoms with Crippen molar-refractivity contribution in [3.05, 3.63) is 62.4 Å². The first-order valence-corrected chi connectivity index (χ1v) is 28.4. The molecule has 0 aliphatic carbocycles. The number of aliphatic hydroxyl groups excluding tert-OH is 3. The molecule has 0 amide bonds. The summed E-state index contributed by atoms with van der Waals surface area (Å²) in [7, 11) is -18.2. The normalized spacial score (nSPS) is 30.4. The van der Waals surface area contributed by atoms with Crippen LogP contribution in [0.25, 0.3) is 22.3 Å². The molecule has 16 atom stereocenters. The molecule has 13 N–H and O–H groups in total. The summed E-state index contributed by atoms with van der Waals surface area (Å²) in [6.45, 7) is -2.95. The Balaban J connectivity index is 0.942. The van der Waals surface area contributed by atoms with Gasteiger partial charge in [0.25, 0.3) is 17.1 Å². The Morgan fingerprint density at radius 2 is 1.49 bits per heavy atom. The van der Waals surface area contributed by atoms with E-state index in [2.05, 4.69) is 29.2 Å². The number of methoxy groups -OCH3 is 2. The molecule has 3 aliphatic heterocycles. The zero-order chi connectivity index (χ0) is 54.5. The number of nitrogens with two attached hydrogens (primary N) is 2. The van der Waals surface area contributed by atoms with Crippen LogP contribution in [0, 0.1) is 5.92 Å². The van der Waals surface area contributed by atoms with Gasteiger partial charge in [-0.15, -0.1) is 0 Å². The number of nitrogens with zero attached hydrogens (tertiary/aromatic N) is 8. The second-order valence-electron chi connectivity index (χ2n) is 17.1. The Labute approximate surface area is 418 Å². The number of hydrogen-bond acceptors (Lipinski definition) is 26. The van der Waals surface area contributed by atoms with Crippen LogP contribution in [0.3, 0.4) is 0 Å². The molecule has 75 heavy (non-hydrogen) atoms. The molecule has 3 fully saturated rings. The van der Waals surface area contributed by atoms with Crippen molar-refractivity contribution < 1.29 is 104 Å². The molecule has 0 spiro atoms. The lowest BCUT2D eigenvalue weighted by Crippen LogP contribution is -2.45. The summed E-state index contributed by atoms with van der Waals surface area (Å²) in [5, 5.41) is 32.7. The van der Waals surface area contributed by atoms with Gasteiger partial charge in [-0.3, -0.25) is 56.0 Å². The molecule has 0 saturated carbocycles. The molecule has 3 saturated heterocycles. The number of imidazole rings is 2. The summed E-state index contributed by atoms with van der Waals surface area (Å²) in [4.78, 5) is 100. The van der Waals surface area contributed by atoms with Crippen LogP contribution in [0.15, 0.2) is 45.6 Å². The minimum atomic E-state index is -5.82. The first-order valence-electron chi connectivity index (χ1n) is 21.9. The first-order chi connectivity index (χ1) is 35.2. The van der Waals surface area contributed by atoms with Crippen molar-refractivity contribution in [2.45, 2.75) is 73.9 Å². The minimum absolute atomic E-state index is 0.0164. The van der Waals surface area contributed by atoms with Gasteiger partial charge in [-0.1, -0.05) is 4.98 Å². The fourth-order valence-electron chi connectivity index (χ4n) is 8.66. The highest BCUT2D eigenvalue weighted by Gasteiger charge is 2.53. The summed E-state index contributed by atoms with van der Waals surface area (Å²) in [6.07, 6.45) is -12.7. The van der Waals surface area contributed by atoms with Gasteiger partial charge >= 0.3 is 42.2 Å². The molecule has 0 bridgehead atoms. The lowest BCUT2D eigenvalue weighted by Gasteiger charge is -2.26. The quantitative estimate of drug-likeness (QED) is 0.0237. The number of H-pyrrole nitrogens is 2. The Morgan fingerprint density at radius 1 is 0.800 bits per heavy atom. The second-order valence-corrected chi connectivity index (χ2v) is 24.3. The SMILES string of the molecule is COCC[C@@H]1[C@@H](COP(=O)(O)CP(=O)(O)OP(=O)(O)OC[C@H]2O[C@@H](n3cnc4c(N)ncnc43)[C@H](OC)[C@@H]2OP(=O)(O)OC[C@H]2O[C@@H](n3ccc(=O)[nH]c3=O)[C@H](O)[C@@H]2O)OC([n+]2cn(C)c3c(=O)[nH]c(N)nc32)[C@@H]1O. The van der Waals surface area contributed by atoms with E-state index in [1.807, 2.05) is 4.98 Å². The predicted octanol–water partition coefficient (Wildman–Crippen LogP) is -3.47. The van der Waals surface area contributed by atoms with Crippen LogP contribution in [-0.4, -0.2) is 174 Å². The van der Waals surface area contributed by atoms with Crippen LogP contribution in [-0.2, 0) is 71.4 Å². The van der Waals surface area contributed by atoms with Crippen molar-refractivity contribution >= 4 is 64.9 Å². The molecule has 3 aliphatic rings. The highest BCUT2D eigenvalue weighted by Crippen LogP contribution is 2.66. The minimum Gasteiger partial charge on any atom is -0.387 e. The number of aryl methyl sites for hydroxylation is 1. The number of aromatic amines is 2. The number of aliphatic hydroxyl groups is 3. The maximum atomic E-state index is 13.6. The summed E-state index contributed by atoms with van der Waals surface area (Å²) in [5.74, 6) is -3.00. The first kappa shape index (κ1) is 56.6. The zero-order valence-electron chi connectivity index (χ0n) is 39.1. The maximum absolute atomic E-state index is 13.6. The van der Waals surface area contributed by atoms with Crippen LogP contribution in [0.1, 0.15) is 25.1 Å². The molecule has 5 unspecified atom stereocenters. The van der Waals surface area contributed by atoms with Crippen LogP contribution in [0.4, 0.5) is 11.8 Å². The van der Waals surface area contributed by atoms with Gasteiger partial charge in [-0.2, -0.15) is 0 Å². The molecule has 5 aromatic rings. The van der Waals surface area contributed by atoms with Crippen molar-refractivity contribution in [1.82, 2.24) is 43.6 Å². The average Bonchev–Trinajstić information content (AvgIpc) is 4.12. The van der Waals surface area contributed by atoms with Crippen molar-refractivity contribution in [1.29, 1.82) is 0 Å². The van der Waals surface area contributed by atoms with Gasteiger partial charge in [0.2, 0.25) is 11.7 Å². The summed E-state index contributed by atoms with van der Waals surface area (Å²) < 4.78 is 112. The van der Waals surface area contributed by atoms with Gasteiger partial charge in [0.15, 0.2) is 36.2 Å². The van der Waals surface area contributed by atoms with E-state index in [0.29, 0.717) is 0 Å². The number of fused-ring (bicyclic) bond motifs is 2. The van der Waals surface area contributed by atoms with Crippen molar-refractivity contribution in [2.75, 3.05) is 58.0 Å². The van der Waals surface area contributed by atoms with Gasteiger partial charge < -0.3 is 74.6 Å². The van der Waals surface area contributed by atoms with E-state index < -0.39 is 147 Å². The molecule has 0 radical (unpaired) electrons. The van der Waals surface area contributed by atoms with E-state index in [1.54, 1.807) is 0 Å². The molecular formula is C35H51N12O24P4+. The lowest BCUT2D eigenvalue weighted by molar-refractivity contribution is -0.745. The number of aromatic nitrogens is 10. The molecule has 414 valence electrons. The van der Waals surface area contributed by atoms with Gasteiger partial charge in [0.1, 0.15) is 54.6 Å². The summed E-state index contributed by atoms with van der Waals surface area (Å²) >= 11 is 0. The van der Waals surface area contributed by atoms with Crippen molar-refractivity contribution in [3.63, 3.8) is 0 Å². The third-order valence-corrected chi connectivity index (χ3v) is 18.7. The van der Waals surface area contributed by atoms with Crippen LogP contribution in [0.2, 0.25) is 0 Å². The molecule has 8 heterocycles. The second kappa shape index (κ2) is 22.0. The van der Waals surface area contributed by atoms with E-state index in [1.165, 1.54) is 34.2 Å². The molecule has 40 heteroatoms. The third kappa shape index (κ3) is 12.3.